The van der Waals surface area contributed by atoms with Gasteiger partial charge in [-0.1, -0.05) is 18.2 Å². The molecule has 0 aliphatic carbocycles. The summed E-state index contributed by atoms with van der Waals surface area (Å²) in [4.78, 5) is 22.4. The number of nitrogens with zero attached hydrogens (tertiary/aromatic N) is 2. The van der Waals surface area contributed by atoms with E-state index in [2.05, 4.69) is 33.4 Å². The molecule has 2 aliphatic heterocycles. The van der Waals surface area contributed by atoms with E-state index in [0.717, 1.165) is 56.6 Å². The lowest BCUT2D eigenvalue weighted by molar-refractivity contribution is 0.707. The maximum atomic E-state index is 12.4. The van der Waals surface area contributed by atoms with Gasteiger partial charge in [0, 0.05) is 30.8 Å². The van der Waals surface area contributed by atoms with Crippen molar-refractivity contribution in [1.29, 1.82) is 0 Å². The second-order valence-corrected chi connectivity index (χ2v) is 5.95. The first-order valence-electron chi connectivity index (χ1n) is 8.01. The van der Waals surface area contributed by atoms with Gasteiger partial charge in [-0.3, -0.25) is 9.78 Å². The van der Waals surface area contributed by atoms with Crippen molar-refractivity contribution in [2.75, 3.05) is 24.5 Å². The first-order valence-corrected chi connectivity index (χ1v) is 8.01. The minimum atomic E-state index is 0.0201. The van der Waals surface area contributed by atoms with Crippen LogP contribution in [0.25, 0.3) is 0 Å². The highest BCUT2D eigenvalue weighted by Crippen LogP contribution is 2.31. The predicted molar refractivity (Wildman–Crippen MR) is 86.9 cm³/mol. The molecule has 0 atom stereocenters. The first kappa shape index (κ1) is 13.5. The van der Waals surface area contributed by atoms with Crippen molar-refractivity contribution in [3.05, 3.63) is 51.4 Å². The van der Waals surface area contributed by atoms with Crippen LogP contribution in [0.15, 0.2) is 29.1 Å². The number of H-pyrrole nitrogens is 1. The maximum absolute atomic E-state index is 12.4. The molecule has 5 heteroatoms. The largest absolute Gasteiger partial charge is 0.316 e. The van der Waals surface area contributed by atoms with Crippen molar-refractivity contribution >= 4 is 11.6 Å². The molecule has 22 heavy (non-hydrogen) atoms. The molecule has 0 unspecified atom stereocenters. The zero-order chi connectivity index (χ0) is 14.9. The van der Waals surface area contributed by atoms with Crippen molar-refractivity contribution in [3.63, 3.8) is 0 Å². The van der Waals surface area contributed by atoms with E-state index in [1.54, 1.807) is 0 Å². The molecule has 0 radical (unpaired) electrons. The lowest BCUT2D eigenvalue weighted by atomic mass is 10.0. The van der Waals surface area contributed by atoms with Crippen LogP contribution in [0.1, 0.15) is 23.2 Å². The normalized spacial score (nSPS) is 17.5. The molecule has 0 saturated carbocycles. The lowest BCUT2D eigenvalue weighted by Gasteiger charge is -2.30. The van der Waals surface area contributed by atoms with E-state index in [9.17, 15) is 4.79 Å². The summed E-state index contributed by atoms with van der Waals surface area (Å²) in [6, 6.07) is 8.39. The summed E-state index contributed by atoms with van der Waals surface area (Å²) in [5, 5.41) is 3.33. The number of anilines is 2. The van der Waals surface area contributed by atoms with Gasteiger partial charge in [-0.15, -0.1) is 0 Å². The Bertz CT molecular complexity index is 753. The van der Waals surface area contributed by atoms with E-state index in [0.29, 0.717) is 5.95 Å². The summed E-state index contributed by atoms with van der Waals surface area (Å²) >= 11 is 0. The second-order valence-electron chi connectivity index (χ2n) is 5.95. The Hall–Kier alpha value is -2.14. The summed E-state index contributed by atoms with van der Waals surface area (Å²) in [5.74, 6) is 0.692. The highest BCUT2D eigenvalue weighted by atomic mass is 16.1. The molecule has 114 valence electrons. The number of aromatic nitrogens is 2. The Kier molecular flexibility index (Phi) is 3.42. The molecule has 5 nitrogen and oxygen atoms in total. The predicted octanol–water partition coefficient (Wildman–Crippen LogP) is 1.54. The van der Waals surface area contributed by atoms with Crippen LogP contribution >= 0.6 is 0 Å². The van der Waals surface area contributed by atoms with E-state index in [1.807, 2.05) is 6.07 Å². The van der Waals surface area contributed by atoms with Crippen molar-refractivity contribution < 1.29 is 0 Å². The number of benzene rings is 1. The zero-order valence-electron chi connectivity index (χ0n) is 12.6. The molecule has 2 aliphatic rings. The van der Waals surface area contributed by atoms with Gasteiger partial charge >= 0.3 is 0 Å². The van der Waals surface area contributed by atoms with Gasteiger partial charge in [-0.2, -0.15) is 0 Å². The van der Waals surface area contributed by atoms with Crippen molar-refractivity contribution in [2.24, 2.45) is 0 Å². The van der Waals surface area contributed by atoms with E-state index in [-0.39, 0.29) is 5.56 Å². The molecule has 4 rings (SSSR count). The Morgan fingerprint density at radius 1 is 1.09 bits per heavy atom. The van der Waals surface area contributed by atoms with Gasteiger partial charge in [-0.05, 0) is 37.4 Å². The van der Waals surface area contributed by atoms with E-state index in [1.165, 1.54) is 11.3 Å². The van der Waals surface area contributed by atoms with Crippen LogP contribution in [0.4, 0.5) is 11.6 Å². The van der Waals surface area contributed by atoms with Crippen molar-refractivity contribution in [2.45, 2.75) is 25.7 Å². The topological polar surface area (TPSA) is 61.0 Å². The molecule has 2 N–H and O–H groups in total. The van der Waals surface area contributed by atoms with E-state index in [4.69, 9.17) is 4.98 Å². The third-order valence-electron chi connectivity index (χ3n) is 4.54. The summed E-state index contributed by atoms with van der Waals surface area (Å²) < 4.78 is 0. The molecular weight excluding hydrogens is 276 g/mol. The Morgan fingerprint density at radius 3 is 2.91 bits per heavy atom. The molecule has 0 saturated heterocycles. The van der Waals surface area contributed by atoms with Gasteiger partial charge in [0.05, 0.1) is 5.69 Å². The molecular formula is C17H20N4O. The van der Waals surface area contributed by atoms with Crippen LogP contribution in [0, 0.1) is 0 Å². The van der Waals surface area contributed by atoms with Crippen LogP contribution in [-0.4, -0.2) is 29.6 Å². The third kappa shape index (κ3) is 2.31. The molecule has 2 aromatic rings. The van der Waals surface area contributed by atoms with Crippen LogP contribution in [0.2, 0.25) is 0 Å². The van der Waals surface area contributed by atoms with Gasteiger partial charge in [-0.25, -0.2) is 4.98 Å². The van der Waals surface area contributed by atoms with Crippen LogP contribution in [0.3, 0.4) is 0 Å². The molecule has 1 aromatic carbocycles. The highest BCUT2D eigenvalue weighted by molar-refractivity contribution is 5.63. The number of hydrogen-bond donors (Lipinski definition) is 2. The first-order chi connectivity index (χ1) is 10.8. The van der Waals surface area contributed by atoms with Crippen molar-refractivity contribution in [1.82, 2.24) is 15.3 Å². The van der Waals surface area contributed by atoms with Crippen LogP contribution in [0.5, 0.6) is 0 Å². The van der Waals surface area contributed by atoms with Crippen LogP contribution < -0.4 is 15.8 Å². The molecule has 1 aromatic heterocycles. The zero-order valence-corrected chi connectivity index (χ0v) is 12.6. The Morgan fingerprint density at radius 2 is 1.95 bits per heavy atom. The average molecular weight is 296 g/mol. The van der Waals surface area contributed by atoms with E-state index < -0.39 is 0 Å². The number of fused-ring (bicyclic) bond motifs is 2. The number of aryl methyl sites for hydroxylation is 1. The van der Waals surface area contributed by atoms with E-state index >= 15 is 0 Å². The van der Waals surface area contributed by atoms with Gasteiger partial charge < -0.3 is 10.2 Å². The smallest absolute Gasteiger partial charge is 0.255 e. The monoisotopic (exact) mass is 296 g/mol. The quantitative estimate of drug-likeness (QED) is 0.838. The fourth-order valence-corrected chi connectivity index (χ4v) is 3.42. The summed E-state index contributed by atoms with van der Waals surface area (Å²) in [6.07, 6.45) is 3.75. The van der Waals surface area contributed by atoms with Gasteiger partial charge in [0.1, 0.15) is 0 Å². The summed E-state index contributed by atoms with van der Waals surface area (Å²) in [6.45, 7) is 2.64. The highest BCUT2D eigenvalue weighted by Gasteiger charge is 2.22. The van der Waals surface area contributed by atoms with Gasteiger partial charge in [0.25, 0.3) is 5.56 Å². The van der Waals surface area contributed by atoms with Gasteiger partial charge in [0.2, 0.25) is 5.95 Å². The summed E-state index contributed by atoms with van der Waals surface area (Å²) in [5.41, 5.74) is 4.31. The second kappa shape index (κ2) is 5.57. The maximum Gasteiger partial charge on any atom is 0.255 e. The average Bonchev–Trinajstić information content (AvgIpc) is 2.80. The minimum Gasteiger partial charge on any atom is -0.316 e. The number of rotatable bonds is 1. The third-order valence-corrected chi connectivity index (χ3v) is 4.54. The minimum absolute atomic E-state index is 0.0201. The summed E-state index contributed by atoms with van der Waals surface area (Å²) in [7, 11) is 0. The fraction of sp³-hybridized carbons (Fsp3) is 0.412. The number of nitrogens with one attached hydrogen (secondary N) is 2. The standard InChI is InChI=1S/C17H20N4O/c22-16-13-7-9-18-10-8-14(13)19-17(20-16)21-11-3-5-12-4-1-2-6-15(12)21/h1-2,4,6,18H,3,5,7-11H2,(H,19,20,22). The Labute approximate surface area is 129 Å². The number of para-hydroxylation sites is 1. The number of hydrogen-bond acceptors (Lipinski definition) is 4. The lowest BCUT2D eigenvalue weighted by Crippen LogP contribution is -2.30. The molecule has 3 heterocycles. The molecule has 0 bridgehead atoms. The fourth-order valence-electron chi connectivity index (χ4n) is 3.42. The van der Waals surface area contributed by atoms with Gasteiger partial charge in [0.15, 0.2) is 0 Å². The number of aromatic amines is 1. The molecule has 0 spiro atoms. The van der Waals surface area contributed by atoms with Crippen LogP contribution in [-0.2, 0) is 19.3 Å². The van der Waals surface area contributed by atoms with Crippen molar-refractivity contribution in [3.8, 4) is 0 Å². The Balaban J connectivity index is 1.80. The SMILES string of the molecule is O=c1[nH]c(N2CCCc3ccccc32)nc2c1CCNCC2. The molecule has 0 fully saturated rings. The molecule has 0 amide bonds.